The van der Waals surface area contributed by atoms with Gasteiger partial charge in [0, 0.05) is 17.1 Å². The summed E-state index contributed by atoms with van der Waals surface area (Å²) in [7, 11) is 0. The van der Waals surface area contributed by atoms with Gasteiger partial charge in [-0.05, 0) is 41.5 Å². The lowest BCUT2D eigenvalue weighted by molar-refractivity contribution is -0.137. The van der Waals surface area contributed by atoms with E-state index in [4.69, 9.17) is 5.73 Å². The summed E-state index contributed by atoms with van der Waals surface area (Å²) in [4.78, 5) is 31.1. The number of thiazole rings is 1. The fraction of sp³-hybridized carbons (Fsp3) is 0.0455. The molecule has 0 fully saturated rings. The number of aromatic amines is 1. The van der Waals surface area contributed by atoms with E-state index in [0.717, 1.165) is 35.6 Å². The Hall–Kier alpha value is -3.99. The van der Waals surface area contributed by atoms with Gasteiger partial charge in [0.1, 0.15) is 11.5 Å². The maximum atomic E-state index is 13.9. The van der Waals surface area contributed by atoms with Crippen molar-refractivity contribution in [2.75, 3.05) is 5.32 Å². The minimum Gasteiger partial charge on any atom is -0.364 e. The second kappa shape index (κ2) is 8.51. The maximum Gasteiger partial charge on any atom is 0.416 e. The summed E-state index contributed by atoms with van der Waals surface area (Å²) in [6, 6.07) is 9.19. The van der Waals surface area contributed by atoms with Crippen molar-refractivity contribution in [3.05, 3.63) is 82.7 Å². The van der Waals surface area contributed by atoms with Crippen LogP contribution >= 0.6 is 11.3 Å². The van der Waals surface area contributed by atoms with Crippen molar-refractivity contribution in [1.29, 1.82) is 0 Å². The highest BCUT2D eigenvalue weighted by Gasteiger charge is 2.30. The van der Waals surface area contributed by atoms with Crippen LogP contribution in [-0.2, 0) is 6.18 Å². The standard InChI is InChI=1S/C22H14F4N4O2S/c23-14-4-5-15(11-2-1-3-13(6-11)22(24,25)26)16(8-14)20(32)30-21-29-18(10-33-21)12-7-17(19(27)31)28-9-12/h1-10,28H,(H2,27,31)(H,29,30,32). The number of carbonyl (C=O) groups is 2. The Balaban J connectivity index is 1.63. The Labute approximate surface area is 188 Å². The molecule has 2 aromatic heterocycles. The Bertz CT molecular complexity index is 1360. The van der Waals surface area contributed by atoms with Crippen molar-refractivity contribution in [2.24, 2.45) is 5.73 Å². The minimum absolute atomic E-state index is 0.112. The molecular formula is C22H14F4N4O2S. The number of H-pyrrole nitrogens is 1. The minimum atomic E-state index is -4.57. The monoisotopic (exact) mass is 474 g/mol. The van der Waals surface area contributed by atoms with E-state index < -0.39 is 29.4 Å². The highest BCUT2D eigenvalue weighted by atomic mass is 32.1. The zero-order valence-electron chi connectivity index (χ0n) is 16.5. The molecule has 0 unspecified atom stereocenters. The molecule has 168 valence electrons. The quantitative estimate of drug-likeness (QED) is 0.342. The molecule has 2 heterocycles. The largest absolute Gasteiger partial charge is 0.416 e. The van der Waals surface area contributed by atoms with E-state index >= 15 is 0 Å². The van der Waals surface area contributed by atoms with Crippen LogP contribution in [0.4, 0.5) is 22.7 Å². The van der Waals surface area contributed by atoms with Crippen LogP contribution in [0.1, 0.15) is 26.4 Å². The fourth-order valence-corrected chi connectivity index (χ4v) is 3.85. The lowest BCUT2D eigenvalue weighted by Gasteiger charge is -2.12. The van der Waals surface area contributed by atoms with Gasteiger partial charge in [-0.3, -0.25) is 14.9 Å². The highest BCUT2D eigenvalue weighted by Crippen LogP contribution is 2.34. The number of nitrogens with zero attached hydrogens (tertiary/aromatic N) is 1. The number of hydrogen-bond acceptors (Lipinski definition) is 4. The van der Waals surface area contributed by atoms with E-state index in [1.54, 1.807) is 5.38 Å². The highest BCUT2D eigenvalue weighted by molar-refractivity contribution is 7.14. The molecule has 0 atom stereocenters. The molecule has 6 nitrogen and oxygen atoms in total. The van der Waals surface area contributed by atoms with E-state index in [0.29, 0.717) is 11.3 Å². The van der Waals surface area contributed by atoms with Crippen LogP contribution in [0.25, 0.3) is 22.4 Å². The lowest BCUT2D eigenvalue weighted by Crippen LogP contribution is -2.13. The predicted octanol–water partition coefficient (Wildman–Crippen LogP) is 5.31. The molecule has 33 heavy (non-hydrogen) atoms. The van der Waals surface area contributed by atoms with Gasteiger partial charge in [-0.25, -0.2) is 9.37 Å². The number of halogens is 4. The Morgan fingerprint density at radius 2 is 1.85 bits per heavy atom. The van der Waals surface area contributed by atoms with Gasteiger partial charge in [-0.15, -0.1) is 11.3 Å². The molecule has 0 saturated carbocycles. The van der Waals surface area contributed by atoms with Gasteiger partial charge in [0.25, 0.3) is 11.8 Å². The van der Waals surface area contributed by atoms with Crippen molar-refractivity contribution in [3.8, 4) is 22.4 Å². The molecule has 4 aromatic rings. The van der Waals surface area contributed by atoms with Crippen LogP contribution in [0.15, 0.2) is 60.1 Å². The van der Waals surface area contributed by atoms with Crippen molar-refractivity contribution in [2.45, 2.75) is 6.18 Å². The third-order valence-electron chi connectivity index (χ3n) is 4.70. The van der Waals surface area contributed by atoms with E-state index in [-0.39, 0.29) is 27.5 Å². The topological polar surface area (TPSA) is 101 Å². The van der Waals surface area contributed by atoms with E-state index in [2.05, 4.69) is 15.3 Å². The van der Waals surface area contributed by atoms with Crippen molar-refractivity contribution >= 4 is 28.3 Å². The third kappa shape index (κ3) is 4.77. The number of primary amides is 1. The molecule has 0 radical (unpaired) electrons. The second-order valence-corrected chi connectivity index (χ2v) is 7.78. The van der Waals surface area contributed by atoms with Crippen LogP contribution in [0.3, 0.4) is 0 Å². The number of alkyl halides is 3. The second-order valence-electron chi connectivity index (χ2n) is 6.93. The average Bonchev–Trinajstić information content (AvgIpc) is 3.43. The number of hydrogen-bond donors (Lipinski definition) is 3. The smallest absolute Gasteiger partial charge is 0.364 e. The van der Waals surface area contributed by atoms with Gasteiger partial charge in [0.2, 0.25) is 0 Å². The SMILES string of the molecule is NC(=O)c1cc(-c2csc(NC(=O)c3cc(F)ccc3-c3cccc(C(F)(F)F)c3)n2)c[nH]1. The van der Waals surface area contributed by atoms with Crippen molar-refractivity contribution in [1.82, 2.24) is 9.97 Å². The number of rotatable bonds is 5. The molecule has 0 aliphatic rings. The molecule has 0 spiro atoms. The Morgan fingerprint density at radius 3 is 2.55 bits per heavy atom. The molecular weight excluding hydrogens is 460 g/mol. The number of carbonyl (C=O) groups excluding carboxylic acids is 2. The van der Waals surface area contributed by atoms with Gasteiger partial charge in [-0.1, -0.05) is 18.2 Å². The lowest BCUT2D eigenvalue weighted by atomic mass is 9.97. The molecule has 4 rings (SSSR count). The van der Waals surface area contributed by atoms with Gasteiger partial charge in [-0.2, -0.15) is 13.2 Å². The molecule has 0 bridgehead atoms. The Kier molecular flexibility index (Phi) is 5.73. The predicted molar refractivity (Wildman–Crippen MR) is 115 cm³/mol. The van der Waals surface area contributed by atoms with Crippen LogP contribution in [0.5, 0.6) is 0 Å². The van der Waals surface area contributed by atoms with Crippen molar-refractivity contribution in [3.63, 3.8) is 0 Å². The number of anilines is 1. The zero-order chi connectivity index (χ0) is 23.8. The summed E-state index contributed by atoms with van der Waals surface area (Å²) in [6.45, 7) is 0. The summed E-state index contributed by atoms with van der Waals surface area (Å²) >= 11 is 1.08. The average molecular weight is 474 g/mol. The van der Waals surface area contributed by atoms with Gasteiger partial charge < -0.3 is 10.7 Å². The van der Waals surface area contributed by atoms with Crippen LogP contribution in [0, 0.1) is 5.82 Å². The fourth-order valence-electron chi connectivity index (χ4n) is 3.13. The summed E-state index contributed by atoms with van der Waals surface area (Å²) in [5, 5.41) is 4.34. The molecule has 0 aliphatic heterocycles. The summed E-state index contributed by atoms with van der Waals surface area (Å²) < 4.78 is 53.2. The summed E-state index contributed by atoms with van der Waals surface area (Å²) in [5.74, 6) is -2.10. The van der Waals surface area contributed by atoms with Crippen LogP contribution in [0.2, 0.25) is 0 Å². The van der Waals surface area contributed by atoms with Gasteiger partial charge in [0.05, 0.1) is 16.8 Å². The zero-order valence-corrected chi connectivity index (χ0v) is 17.4. The Morgan fingerprint density at radius 1 is 1.06 bits per heavy atom. The molecule has 0 saturated heterocycles. The number of nitrogens with one attached hydrogen (secondary N) is 2. The molecule has 2 aromatic carbocycles. The van der Waals surface area contributed by atoms with Crippen molar-refractivity contribution < 1.29 is 27.2 Å². The van der Waals surface area contributed by atoms with E-state index in [1.807, 2.05) is 0 Å². The van der Waals surface area contributed by atoms with Crippen LogP contribution in [-0.4, -0.2) is 21.8 Å². The molecule has 0 aliphatic carbocycles. The summed E-state index contributed by atoms with van der Waals surface area (Å²) in [5.41, 5.74) is 5.63. The number of nitrogens with two attached hydrogens (primary N) is 1. The molecule has 2 amide bonds. The van der Waals surface area contributed by atoms with Gasteiger partial charge >= 0.3 is 6.18 Å². The number of amides is 2. The van der Waals surface area contributed by atoms with E-state index in [1.165, 1.54) is 30.5 Å². The first kappa shape index (κ1) is 22.2. The number of aromatic nitrogens is 2. The van der Waals surface area contributed by atoms with Crippen LogP contribution < -0.4 is 11.1 Å². The molecule has 4 N–H and O–H groups in total. The van der Waals surface area contributed by atoms with E-state index in [9.17, 15) is 27.2 Å². The number of benzene rings is 2. The first-order chi connectivity index (χ1) is 15.6. The normalized spacial score (nSPS) is 11.4. The maximum absolute atomic E-state index is 13.9. The molecule has 11 heteroatoms. The third-order valence-corrected chi connectivity index (χ3v) is 5.45. The first-order valence-electron chi connectivity index (χ1n) is 9.34. The summed E-state index contributed by atoms with van der Waals surface area (Å²) in [6.07, 6.45) is -3.04. The first-order valence-corrected chi connectivity index (χ1v) is 10.2. The van der Waals surface area contributed by atoms with Gasteiger partial charge in [0.15, 0.2) is 5.13 Å².